The molecule has 1 nitrogen and oxygen atoms in total. The molecule has 0 bridgehead atoms. The van der Waals surface area contributed by atoms with Crippen LogP contribution in [0.15, 0.2) is 97.2 Å². The van der Waals surface area contributed by atoms with Gasteiger partial charge in [-0.15, -0.1) is 0 Å². The van der Waals surface area contributed by atoms with Crippen molar-refractivity contribution in [2.24, 2.45) is 0 Å². The first-order valence-corrected chi connectivity index (χ1v) is 10.7. The van der Waals surface area contributed by atoms with Crippen LogP contribution < -0.4 is 4.90 Å². The first-order chi connectivity index (χ1) is 13.2. The molecule has 0 aliphatic heterocycles. The summed E-state index contributed by atoms with van der Waals surface area (Å²) in [6, 6.07) is 27.8. The average molecular weight is 521 g/mol. The van der Waals surface area contributed by atoms with Gasteiger partial charge in [0.05, 0.1) is 0 Å². The topological polar surface area (TPSA) is 3.24 Å². The molecule has 0 amide bonds. The fourth-order valence-electron chi connectivity index (χ4n) is 2.83. The van der Waals surface area contributed by atoms with Gasteiger partial charge in [0.1, 0.15) is 0 Å². The van der Waals surface area contributed by atoms with Crippen LogP contribution in [0.4, 0.5) is 11.4 Å². The van der Waals surface area contributed by atoms with Crippen LogP contribution in [0.5, 0.6) is 0 Å². The van der Waals surface area contributed by atoms with Gasteiger partial charge in [-0.05, 0) is 0 Å². The summed E-state index contributed by atoms with van der Waals surface area (Å²) in [5.74, 6) is 0. The normalized spacial score (nSPS) is 11.6. The predicted molar refractivity (Wildman–Crippen MR) is 114 cm³/mol. The number of benzene rings is 3. The van der Waals surface area contributed by atoms with Crippen LogP contribution in [0.1, 0.15) is 16.7 Å². The maximum absolute atomic E-state index is 2.25. The summed E-state index contributed by atoms with van der Waals surface area (Å²) in [7, 11) is 0. The Bertz CT molecular complexity index is 936. The molecule has 0 N–H and O–H groups in total. The summed E-state index contributed by atoms with van der Waals surface area (Å²) in [4.78, 5) is 2.25. The molecule has 0 aromatic heterocycles. The van der Waals surface area contributed by atoms with Crippen LogP contribution in [-0.4, -0.2) is 4.40 Å². The van der Waals surface area contributed by atoms with E-state index in [0.717, 1.165) is 11.4 Å². The van der Waals surface area contributed by atoms with Crippen molar-refractivity contribution in [3.8, 4) is 0 Å². The first-order valence-electron chi connectivity index (χ1n) is 8.99. The van der Waals surface area contributed by atoms with Gasteiger partial charge in [-0.25, -0.2) is 0 Å². The Labute approximate surface area is 173 Å². The number of allylic oxidation sites excluding steroid dienone is 3. The monoisotopic (exact) mass is 521 g/mol. The molecule has 0 saturated heterocycles. The fraction of sp³-hybridized carbons (Fsp3) is 0.0800. The molecule has 0 atom stereocenters. The van der Waals surface area contributed by atoms with Gasteiger partial charge in [0, 0.05) is 0 Å². The molecule has 0 unspecified atom stereocenters. The minimum absolute atomic E-state index is 1.14. The molecule has 0 radical (unpaired) electrons. The van der Waals surface area contributed by atoms with Gasteiger partial charge < -0.3 is 0 Å². The van der Waals surface area contributed by atoms with Crippen LogP contribution in [0.2, 0.25) is 0 Å². The van der Waals surface area contributed by atoms with E-state index in [4.69, 9.17) is 0 Å². The Hall–Kier alpha value is -2.50. The zero-order valence-corrected chi connectivity index (χ0v) is 18.6. The van der Waals surface area contributed by atoms with Gasteiger partial charge in [0.25, 0.3) is 0 Å². The molecule has 0 aliphatic rings. The van der Waals surface area contributed by atoms with Crippen LogP contribution in [0, 0.1) is 13.8 Å². The van der Waals surface area contributed by atoms with E-state index < -0.39 is 0 Å². The van der Waals surface area contributed by atoms with Crippen LogP contribution in [0.3, 0.4) is 0 Å². The second-order valence-electron chi connectivity index (χ2n) is 6.49. The van der Waals surface area contributed by atoms with Crippen molar-refractivity contribution in [2.45, 2.75) is 13.8 Å². The summed E-state index contributed by atoms with van der Waals surface area (Å²) in [6.07, 6.45) is 6.53. The Morgan fingerprint density at radius 2 is 1.30 bits per heavy atom. The Morgan fingerprint density at radius 3 is 1.89 bits per heavy atom. The first kappa shape index (κ1) is 19.3. The van der Waals surface area contributed by atoms with Crippen molar-refractivity contribution >= 4 is 21.3 Å². The molecular formula is C25H23NW. The summed E-state index contributed by atoms with van der Waals surface area (Å²) in [5, 5.41) is 0. The van der Waals surface area contributed by atoms with E-state index in [9.17, 15) is 0 Å². The number of hydrogen-bond donors (Lipinski definition) is 0. The molecule has 0 spiro atoms. The van der Waals surface area contributed by atoms with Gasteiger partial charge in [0.15, 0.2) is 0 Å². The summed E-state index contributed by atoms with van der Waals surface area (Å²) in [6.45, 7) is 4.24. The summed E-state index contributed by atoms with van der Waals surface area (Å²) >= 11 is 1.45. The number of para-hydroxylation sites is 1. The van der Waals surface area contributed by atoms with Crippen LogP contribution in [0.25, 0.3) is 5.57 Å². The average Bonchev–Trinajstić information content (AvgIpc) is 2.71. The SMILES string of the molecule is Cc1ccc(C(C=C[CH]=[W])=CN(c2ccccc2)c2ccc(C)cc2)cc1. The second kappa shape index (κ2) is 9.44. The molecule has 3 aromatic rings. The van der Waals surface area contributed by atoms with Crippen molar-refractivity contribution in [3.63, 3.8) is 0 Å². The van der Waals surface area contributed by atoms with Crippen molar-refractivity contribution in [1.82, 2.24) is 0 Å². The van der Waals surface area contributed by atoms with Crippen molar-refractivity contribution in [1.29, 1.82) is 0 Å². The van der Waals surface area contributed by atoms with E-state index in [1.165, 1.54) is 41.6 Å². The van der Waals surface area contributed by atoms with Gasteiger partial charge >= 0.3 is 173 Å². The molecule has 3 rings (SSSR count). The van der Waals surface area contributed by atoms with E-state index in [1.807, 2.05) is 0 Å². The fourth-order valence-corrected chi connectivity index (χ4v) is 3.12. The predicted octanol–water partition coefficient (Wildman–Crippen LogP) is 6.39. The zero-order chi connectivity index (χ0) is 19.1. The number of hydrogen-bond acceptors (Lipinski definition) is 1. The summed E-state index contributed by atoms with van der Waals surface area (Å²) < 4.78 is 2.14. The van der Waals surface area contributed by atoms with E-state index in [0.29, 0.717) is 0 Å². The third kappa shape index (κ3) is 5.25. The number of rotatable bonds is 6. The van der Waals surface area contributed by atoms with Gasteiger partial charge in [0.2, 0.25) is 0 Å². The quantitative estimate of drug-likeness (QED) is 0.340. The molecule has 0 aliphatic carbocycles. The Morgan fingerprint density at radius 1 is 0.741 bits per heavy atom. The number of anilines is 2. The molecule has 3 aromatic carbocycles. The summed E-state index contributed by atoms with van der Waals surface area (Å²) in [5.41, 5.74) is 7.21. The van der Waals surface area contributed by atoms with Gasteiger partial charge in [-0.1, -0.05) is 0 Å². The van der Waals surface area contributed by atoms with Crippen molar-refractivity contribution in [3.05, 3.63) is 114 Å². The molecule has 0 saturated carbocycles. The molecule has 0 heterocycles. The Balaban J connectivity index is 2.12. The molecule has 27 heavy (non-hydrogen) atoms. The molecule has 2 heteroatoms. The van der Waals surface area contributed by atoms with Crippen LogP contribution >= 0.6 is 0 Å². The van der Waals surface area contributed by atoms with Crippen LogP contribution in [-0.2, 0) is 19.4 Å². The minimum atomic E-state index is 1.14. The third-order valence-corrected chi connectivity index (χ3v) is 4.92. The van der Waals surface area contributed by atoms with Gasteiger partial charge in [-0.2, -0.15) is 0 Å². The van der Waals surface area contributed by atoms with E-state index in [2.05, 4.69) is 120 Å². The van der Waals surface area contributed by atoms with E-state index >= 15 is 0 Å². The second-order valence-corrected chi connectivity index (χ2v) is 7.46. The number of nitrogens with zero attached hydrogens (tertiary/aromatic N) is 1. The zero-order valence-electron chi connectivity index (χ0n) is 15.7. The number of aryl methyl sites for hydroxylation is 2. The molecule has 0 fully saturated rings. The van der Waals surface area contributed by atoms with E-state index in [1.54, 1.807) is 0 Å². The Kier molecular flexibility index (Phi) is 6.73. The maximum atomic E-state index is 2.25. The third-order valence-electron chi connectivity index (χ3n) is 4.35. The van der Waals surface area contributed by atoms with Gasteiger partial charge in [-0.3, -0.25) is 0 Å². The van der Waals surface area contributed by atoms with Crippen molar-refractivity contribution < 1.29 is 19.4 Å². The molecular weight excluding hydrogens is 498 g/mol. The molecule has 134 valence electrons. The standard InChI is InChI=1S/C25H23N.W/c1-4-8-23(22-15-11-20(2)12-16-22)19-26(24-9-6-5-7-10-24)25-17-13-21(3)14-18-25;/h1,4-19H,2-3H3;. The van der Waals surface area contributed by atoms with E-state index in [-0.39, 0.29) is 0 Å². The van der Waals surface area contributed by atoms with Crippen molar-refractivity contribution in [2.75, 3.05) is 4.90 Å².